The molecule has 5 rings (SSSR count). The first kappa shape index (κ1) is 17.3. The Bertz CT molecular complexity index is 1330. The van der Waals surface area contributed by atoms with Gasteiger partial charge < -0.3 is 0 Å². The largest absolute Gasteiger partial charge is 0.275 e. The summed E-state index contributed by atoms with van der Waals surface area (Å²) >= 11 is 0. The third-order valence-electron chi connectivity index (χ3n) is 5.18. The van der Waals surface area contributed by atoms with Gasteiger partial charge in [-0.3, -0.25) is 9.36 Å². The molecule has 0 aliphatic rings. The zero-order valence-electron chi connectivity index (χ0n) is 16.5. The van der Waals surface area contributed by atoms with Crippen LogP contribution in [-0.4, -0.2) is 29.5 Å². The maximum atomic E-state index is 4.68. The highest BCUT2D eigenvalue weighted by atomic mass is 15.3. The maximum absolute atomic E-state index is 4.68. The van der Waals surface area contributed by atoms with Crippen LogP contribution in [0.2, 0.25) is 0 Å². The van der Waals surface area contributed by atoms with Gasteiger partial charge in [0.2, 0.25) is 0 Å². The Hall–Kier alpha value is -3.80. The fourth-order valence-corrected chi connectivity index (χ4v) is 3.87. The van der Waals surface area contributed by atoms with Crippen LogP contribution in [0.3, 0.4) is 0 Å². The molecular formula is C23H20N6. The number of hydrogen-bond donors (Lipinski definition) is 0. The zero-order valence-corrected chi connectivity index (χ0v) is 16.5. The van der Waals surface area contributed by atoms with Gasteiger partial charge in [-0.1, -0.05) is 36.4 Å². The molecule has 0 bridgehead atoms. The van der Waals surface area contributed by atoms with Gasteiger partial charge in [0.15, 0.2) is 0 Å². The van der Waals surface area contributed by atoms with E-state index in [-0.39, 0.29) is 0 Å². The van der Waals surface area contributed by atoms with Crippen molar-refractivity contribution in [3.8, 4) is 33.6 Å². The van der Waals surface area contributed by atoms with Crippen molar-refractivity contribution in [2.24, 2.45) is 14.1 Å². The standard InChI is InChI=1S/C23H20N6/c1-15-21(23(29(3)27-15)16-7-5-4-6-8-16)22-19-10-9-17(11-20(19)24-14-25-22)18-12-26-28(2)13-18/h4-14H,1-3H3. The van der Waals surface area contributed by atoms with Gasteiger partial charge in [0.05, 0.1) is 28.8 Å². The second kappa shape index (κ2) is 6.67. The molecule has 29 heavy (non-hydrogen) atoms. The Kier molecular flexibility index (Phi) is 3.98. The Morgan fingerprint density at radius 1 is 0.862 bits per heavy atom. The van der Waals surface area contributed by atoms with Gasteiger partial charge in [-0.25, -0.2) is 9.97 Å². The van der Waals surface area contributed by atoms with E-state index < -0.39 is 0 Å². The lowest BCUT2D eigenvalue weighted by Gasteiger charge is -2.10. The van der Waals surface area contributed by atoms with E-state index in [1.54, 1.807) is 11.0 Å². The van der Waals surface area contributed by atoms with Crippen molar-refractivity contribution in [1.29, 1.82) is 0 Å². The number of hydrogen-bond acceptors (Lipinski definition) is 4. The van der Waals surface area contributed by atoms with Crippen molar-refractivity contribution in [2.45, 2.75) is 6.92 Å². The highest BCUT2D eigenvalue weighted by molar-refractivity contribution is 5.98. The summed E-state index contributed by atoms with van der Waals surface area (Å²) in [6.07, 6.45) is 5.50. The van der Waals surface area contributed by atoms with Crippen LogP contribution in [-0.2, 0) is 14.1 Å². The van der Waals surface area contributed by atoms with Gasteiger partial charge in [-0.2, -0.15) is 10.2 Å². The fourth-order valence-electron chi connectivity index (χ4n) is 3.87. The Morgan fingerprint density at radius 3 is 2.45 bits per heavy atom. The molecule has 0 amide bonds. The van der Waals surface area contributed by atoms with Crippen molar-refractivity contribution in [3.63, 3.8) is 0 Å². The van der Waals surface area contributed by atoms with E-state index in [0.29, 0.717) is 0 Å². The molecule has 3 heterocycles. The van der Waals surface area contributed by atoms with Crippen LogP contribution in [0.5, 0.6) is 0 Å². The van der Waals surface area contributed by atoms with Crippen LogP contribution in [0.15, 0.2) is 67.3 Å². The van der Waals surface area contributed by atoms with Gasteiger partial charge in [0.1, 0.15) is 6.33 Å². The summed E-state index contributed by atoms with van der Waals surface area (Å²) in [5.74, 6) is 0. The van der Waals surface area contributed by atoms with E-state index in [9.17, 15) is 0 Å². The fraction of sp³-hybridized carbons (Fsp3) is 0.130. The van der Waals surface area contributed by atoms with E-state index in [1.807, 2.05) is 56.3 Å². The predicted octanol–water partition coefficient (Wildman–Crippen LogP) is 4.41. The molecule has 0 radical (unpaired) electrons. The molecule has 0 N–H and O–H groups in total. The molecule has 0 atom stereocenters. The lowest BCUT2D eigenvalue weighted by atomic mass is 9.99. The average molecular weight is 380 g/mol. The minimum Gasteiger partial charge on any atom is -0.275 e. The molecule has 6 nitrogen and oxygen atoms in total. The minimum absolute atomic E-state index is 0.900. The molecule has 0 aliphatic heterocycles. The van der Waals surface area contributed by atoms with E-state index in [2.05, 4.69) is 50.5 Å². The quantitative estimate of drug-likeness (QED) is 0.465. The normalized spacial score (nSPS) is 11.3. The molecule has 0 saturated carbocycles. The number of rotatable bonds is 3. The number of nitrogens with zero attached hydrogens (tertiary/aromatic N) is 6. The van der Waals surface area contributed by atoms with Crippen LogP contribution in [0.1, 0.15) is 5.69 Å². The van der Waals surface area contributed by atoms with Crippen LogP contribution < -0.4 is 0 Å². The Morgan fingerprint density at radius 2 is 1.69 bits per heavy atom. The van der Waals surface area contributed by atoms with E-state index in [0.717, 1.165) is 50.2 Å². The summed E-state index contributed by atoms with van der Waals surface area (Å²) in [4.78, 5) is 9.20. The summed E-state index contributed by atoms with van der Waals surface area (Å²) in [7, 11) is 3.89. The number of aromatic nitrogens is 6. The molecule has 6 heteroatoms. The maximum Gasteiger partial charge on any atom is 0.116 e. The van der Waals surface area contributed by atoms with E-state index in [1.165, 1.54) is 0 Å². The molecule has 0 fully saturated rings. The van der Waals surface area contributed by atoms with Crippen molar-refractivity contribution in [1.82, 2.24) is 29.5 Å². The highest BCUT2D eigenvalue weighted by Gasteiger charge is 2.20. The Balaban J connectivity index is 1.73. The summed E-state index contributed by atoms with van der Waals surface area (Å²) in [5, 5.41) is 9.96. The minimum atomic E-state index is 0.900. The first-order valence-corrected chi connectivity index (χ1v) is 9.45. The zero-order chi connectivity index (χ0) is 20.0. The highest BCUT2D eigenvalue weighted by Crippen LogP contribution is 2.37. The van der Waals surface area contributed by atoms with Gasteiger partial charge in [-0.05, 0) is 24.6 Å². The van der Waals surface area contributed by atoms with Gasteiger partial charge in [-0.15, -0.1) is 0 Å². The van der Waals surface area contributed by atoms with Crippen LogP contribution in [0.4, 0.5) is 0 Å². The molecule has 0 spiro atoms. The number of fused-ring (bicyclic) bond motifs is 1. The second-order valence-corrected chi connectivity index (χ2v) is 7.16. The van der Waals surface area contributed by atoms with Gasteiger partial charge in [0.25, 0.3) is 0 Å². The Labute approximate surface area is 168 Å². The molecule has 0 unspecified atom stereocenters. The molecule has 3 aromatic heterocycles. The number of aryl methyl sites for hydroxylation is 3. The summed E-state index contributed by atoms with van der Waals surface area (Å²) in [6, 6.07) is 16.6. The van der Waals surface area contributed by atoms with E-state index >= 15 is 0 Å². The first-order chi connectivity index (χ1) is 14.1. The average Bonchev–Trinajstić information content (AvgIpc) is 3.30. The van der Waals surface area contributed by atoms with E-state index in [4.69, 9.17) is 0 Å². The molecule has 142 valence electrons. The van der Waals surface area contributed by atoms with Gasteiger partial charge >= 0.3 is 0 Å². The molecular weight excluding hydrogens is 360 g/mol. The molecule has 0 saturated heterocycles. The molecule has 2 aromatic carbocycles. The topological polar surface area (TPSA) is 61.4 Å². The molecule has 5 aromatic rings. The van der Waals surface area contributed by atoms with Crippen LogP contribution >= 0.6 is 0 Å². The smallest absolute Gasteiger partial charge is 0.116 e. The molecule has 0 aliphatic carbocycles. The van der Waals surface area contributed by atoms with Crippen molar-refractivity contribution >= 4 is 10.9 Å². The van der Waals surface area contributed by atoms with Crippen molar-refractivity contribution in [3.05, 3.63) is 72.9 Å². The first-order valence-electron chi connectivity index (χ1n) is 9.45. The lowest BCUT2D eigenvalue weighted by Crippen LogP contribution is -1.95. The monoisotopic (exact) mass is 380 g/mol. The summed E-state index contributed by atoms with van der Waals surface area (Å²) in [5.41, 5.74) is 8.11. The SMILES string of the molecule is Cc1nn(C)c(-c2ccccc2)c1-c1ncnc2cc(-c3cnn(C)c3)ccc12. The predicted molar refractivity (Wildman–Crippen MR) is 114 cm³/mol. The number of benzene rings is 2. The van der Waals surface area contributed by atoms with Crippen molar-refractivity contribution in [2.75, 3.05) is 0 Å². The third kappa shape index (κ3) is 2.89. The summed E-state index contributed by atoms with van der Waals surface area (Å²) < 4.78 is 3.73. The van der Waals surface area contributed by atoms with Gasteiger partial charge in [0, 0.05) is 42.4 Å². The summed E-state index contributed by atoms with van der Waals surface area (Å²) in [6.45, 7) is 2.03. The van der Waals surface area contributed by atoms with Crippen LogP contribution in [0, 0.1) is 6.92 Å². The van der Waals surface area contributed by atoms with Crippen molar-refractivity contribution < 1.29 is 0 Å². The lowest BCUT2D eigenvalue weighted by molar-refractivity contribution is 0.764. The third-order valence-corrected chi connectivity index (χ3v) is 5.18. The second-order valence-electron chi connectivity index (χ2n) is 7.16. The van der Waals surface area contributed by atoms with Crippen LogP contribution in [0.25, 0.3) is 44.5 Å².